The fourth-order valence-corrected chi connectivity index (χ4v) is 3.97. The van der Waals surface area contributed by atoms with Crippen molar-refractivity contribution < 1.29 is 29.0 Å². The highest BCUT2D eigenvalue weighted by molar-refractivity contribution is 14.1. The molecule has 0 fully saturated rings. The Morgan fingerprint density at radius 1 is 1.25 bits per heavy atom. The maximum absolute atomic E-state index is 13.3. The predicted molar refractivity (Wildman–Crippen MR) is 126 cm³/mol. The van der Waals surface area contributed by atoms with Crippen molar-refractivity contribution in [2.45, 2.75) is 19.9 Å². The Bertz CT molecular complexity index is 1110. The number of para-hydroxylation sites is 1. The number of hydrogen-bond acceptors (Lipinski definition) is 6. The molecule has 4 N–H and O–H groups in total. The van der Waals surface area contributed by atoms with E-state index in [2.05, 4.69) is 16.0 Å². The summed E-state index contributed by atoms with van der Waals surface area (Å²) in [5.74, 6) is -0.879. The van der Waals surface area contributed by atoms with Crippen LogP contribution in [0.4, 0.5) is 10.5 Å². The number of aromatic hydroxyl groups is 1. The van der Waals surface area contributed by atoms with E-state index in [9.17, 15) is 19.5 Å². The second-order valence-electron chi connectivity index (χ2n) is 6.84. The number of ether oxygens (including phenoxy) is 2. The number of amides is 3. The summed E-state index contributed by atoms with van der Waals surface area (Å²) in [6.45, 7) is 3.73. The average molecular weight is 551 g/mol. The minimum atomic E-state index is -0.817. The van der Waals surface area contributed by atoms with Crippen LogP contribution >= 0.6 is 22.6 Å². The number of benzene rings is 2. The van der Waals surface area contributed by atoms with Gasteiger partial charge in [-0.2, -0.15) is 0 Å². The topological polar surface area (TPSA) is 126 Å². The summed E-state index contributed by atoms with van der Waals surface area (Å²) < 4.78 is 10.8. The van der Waals surface area contributed by atoms with E-state index in [1.165, 1.54) is 13.2 Å². The Morgan fingerprint density at radius 2 is 1.97 bits per heavy atom. The van der Waals surface area contributed by atoms with Gasteiger partial charge in [0.25, 0.3) is 5.91 Å². The van der Waals surface area contributed by atoms with Crippen molar-refractivity contribution >= 4 is 46.2 Å². The molecule has 0 saturated heterocycles. The average Bonchev–Trinajstić information content (AvgIpc) is 2.76. The summed E-state index contributed by atoms with van der Waals surface area (Å²) in [6, 6.07) is 8.42. The number of halogens is 1. The Balaban J connectivity index is 2.03. The first kappa shape index (κ1) is 23.4. The van der Waals surface area contributed by atoms with Gasteiger partial charge in [-0.15, -0.1) is 0 Å². The minimum Gasteiger partial charge on any atom is -0.504 e. The molecule has 1 aliphatic rings. The number of phenols is 1. The number of phenolic OH excluding ortho intramolecular Hbond substituents is 1. The number of nitrogens with one attached hydrogen (secondary N) is 3. The van der Waals surface area contributed by atoms with Gasteiger partial charge in [0.1, 0.15) is 0 Å². The normalized spacial score (nSPS) is 15.5. The Kier molecular flexibility index (Phi) is 7.23. The number of anilines is 1. The Morgan fingerprint density at radius 3 is 2.66 bits per heavy atom. The van der Waals surface area contributed by atoms with Crippen LogP contribution in [-0.4, -0.2) is 36.7 Å². The lowest BCUT2D eigenvalue weighted by molar-refractivity contribution is -0.113. The van der Waals surface area contributed by atoms with Gasteiger partial charge in [-0.25, -0.2) is 9.59 Å². The minimum absolute atomic E-state index is 0.0184. The van der Waals surface area contributed by atoms with E-state index < -0.39 is 23.9 Å². The van der Waals surface area contributed by atoms with E-state index >= 15 is 0 Å². The number of carbonyl (C=O) groups excluding carboxylic acids is 3. The Labute approximate surface area is 198 Å². The standard InChI is InChI=1S/C22H22IN3O6/c1-4-32-16-10-12(9-14(23)19(16)27)18-17(11(2)24-22(30)26-18)20(28)25-15-8-6-5-7-13(15)21(29)31-3/h5-10,18,27H,4H2,1-3H3,(H,25,28)(H2,24,26,30). The summed E-state index contributed by atoms with van der Waals surface area (Å²) in [7, 11) is 1.26. The molecular formula is C22H22IN3O6. The molecule has 2 aromatic carbocycles. The van der Waals surface area contributed by atoms with Crippen LogP contribution in [0.25, 0.3) is 0 Å². The maximum Gasteiger partial charge on any atom is 0.339 e. The second-order valence-corrected chi connectivity index (χ2v) is 8.01. The van der Waals surface area contributed by atoms with Crippen molar-refractivity contribution in [2.24, 2.45) is 0 Å². The van der Waals surface area contributed by atoms with Crippen LogP contribution in [0.5, 0.6) is 11.5 Å². The number of urea groups is 1. The highest BCUT2D eigenvalue weighted by Gasteiger charge is 2.32. The molecule has 1 heterocycles. The number of allylic oxidation sites excluding steroid dienone is 1. The molecule has 10 heteroatoms. The molecule has 0 aromatic heterocycles. The molecule has 2 aromatic rings. The molecule has 0 bridgehead atoms. The molecule has 0 saturated carbocycles. The zero-order valence-corrected chi connectivity index (χ0v) is 19.8. The van der Waals surface area contributed by atoms with Crippen molar-refractivity contribution in [2.75, 3.05) is 19.0 Å². The fraction of sp³-hybridized carbons (Fsp3) is 0.227. The van der Waals surface area contributed by atoms with Crippen molar-refractivity contribution in [3.05, 3.63) is 62.4 Å². The molecule has 9 nitrogen and oxygen atoms in total. The lowest BCUT2D eigenvalue weighted by Gasteiger charge is -2.29. The number of esters is 1. The van der Waals surface area contributed by atoms with Crippen LogP contribution in [0.15, 0.2) is 47.7 Å². The zero-order chi connectivity index (χ0) is 23.4. The number of rotatable bonds is 6. The van der Waals surface area contributed by atoms with E-state index in [0.29, 0.717) is 21.4 Å². The third-order valence-electron chi connectivity index (χ3n) is 4.78. The van der Waals surface area contributed by atoms with Gasteiger partial charge in [0.05, 0.1) is 40.2 Å². The van der Waals surface area contributed by atoms with Gasteiger partial charge in [-0.05, 0) is 66.3 Å². The quantitative estimate of drug-likeness (QED) is 0.322. The summed E-state index contributed by atoms with van der Waals surface area (Å²) in [5, 5.41) is 18.3. The first-order valence-electron chi connectivity index (χ1n) is 9.69. The zero-order valence-electron chi connectivity index (χ0n) is 17.6. The van der Waals surface area contributed by atoms with Gasteiger partial charge in [-0.3, -0.25) is 4.79 Å². The van der Waals surface area contributed by atoms with Crippen molar-refractivity contribution in [1.82, 2.24) is 10.6 Å². The summed E-state index contributed by atoms with van der Waals surface area (Å²) >= 11 is 1.95. The summed E-state index contributed by atoms with van der Waals surface area (Å²) in [4.78, 5) is 37.6. The second kappa shape index (κ2) is 9.90. The summed E-state index contributed by atoms with van der Waals surface area (Å²) in [5.41, 5.74) is 1.62. The number of methoxy groups -OCH3 is 1. The van der Waals surface area contributed by atoms with Crippen LogP contribution in [0.2, 0.25) is 0 Å². The van der Waals surface area contributed by atoms with E-state index in [1.54, 1.807) is 44.2 Å². The van der Waals surface area contributed by atoms with E-state index in [-0.39, 0.29) is 28.3 Å². The maximum atomic E-state index is 13.3. The largest absolute Gasteiger partial charge is 0.504 e. The monoisotopic (exact) mass is 551 g/mol. The molecular weight excluding hydrogens is 529 g/mol. The van der Waals surface area contributed by atoms with Gasteiger partial charge in [0.2, 0.25) is 0 Å². The smallest absolute Gasteiger partial charge is 0.339 e. The van der Waals surface area contributed by atoms with Gasteiger partial charge in [-0.1, -0.05) is 12.1 Å². The third-order valence-corrected chi connectivity index (χ3v) is 5.60. The third kappa shape index (κ3) is 4.79. The Hall–Kier alpha value is -3.28. The van der Waals surface area contributed by atoms with Crippen molar-refractivity contribution in [1.29, 1.82) is 0 Å². The molecule has 1 atom stereocenters. The van der Waals surface area contributed by atoms with E-state index in [4.69, 9.17) is 9.47 Å². The highest BCUT2D eigenvalue weighted by Crippen LogP contribution is 2.37. The molecule has 1 aliphatic heterocycles. The number of carbonyl (C=O) groups is 3. The molecule has 168 valence electrons. The molecule has 0 radical (unpaired) electrons. The lowest BCUT2D eigenvalue weighted by Crippen LogP contribution is -2.46. The first-order valence-corrected chi connectivity index (χ1v) is 10.8. The van der Waals surface area contributed by atoms with Crippen LogP contribution < -0.4 is 20.7 Å². The van der Waals surface area contributed by atoms with Crippen molar-refractivity contribution in [3.63, 3.8) is 0 Å². The van der Waals surface area contributed by atoms with Gasteiger partial charge in [0, 0.05) is 5.70 Å². The van der Waals surface area contributed by atoms with Crippen molar-refractivity contribution in [3.8, 4) is 11.5 Å². The lowest BCUT2D eigenvalue weighted by atomic mass is 9.94. The van der Waals surface area contributed by atoms with Crippen LogP contribution in [-0.2, 0) is 9.53 Å². The molecule has 0 aliphatic carbocycles. The van der Waals surface area contributed by atoms with Crippen LogP contribution in [0, 0.1) is 3.57 Å². The van der Waals surface area contributed by atoms with Crippen LogP contribution in [0.3, 0.4) is 0 Å². The van der Waals surface area contributed by atoms with E-state index in [1.807, 2.05) is 22.6 Å². The van der Waals surface area contributed by atoms with E-state index in [0.717, 1.165) is 0 Å². The predicted octanol–water partition coefficient (Wildman–Crippen LogP) is 3.45. The van der Waals surface area contributed by atoms with Gasteiger partial charge in [0.15, 0.2) is 11.5 Å². The van der Waals surface area contributed by atoms with Gasteiger partial charge >= 0.3 is 12.0 Å². The SMILES string of the molecule is CCOc1cc(C2NC(=O)NC(C)=C2C(=O)Nc2ccccc2C(=O)OC)cc(I)c1O. The first-order chi connectivity index (χ1) is 15.3. The highest BCUT2D eigenvalue weighted by atomic mass is 127. The molecule has 3 amide bonds. The fourth-order valence-electron chi connectivity index (χ4n) is 3.34. The molecule has 1 unspecified atom stereocenters. The molecule has 3 rings (SSSR count). The number of hydrogen-bond donors (Lipinski definition) is 4. The summed E-state index contributed by atoms with van der Waals surface area (Å²) in [6.07, 6.45) is 0. The molecule has 0 spiro atoms. The van der Waals surface area contributed by atoms with Gasteiger partial charge < -0.3 is 30.5 Å². The molecule has 32 heavy (non-hydrogen) atoms. The van der Waals surface area contributed by atoms with Crippen LogP contribution in [0.1, 0.15) is 35.8 Å².